The second kappa shape index (κ2) is 9.52. The highest BCUT2D eigenvalue weighted by atomic mass is 79.9. The summed E-state index contributed by atoms with van der Waals surface area (Å²) >= 11 is 3.55. The molecule has 0 spiro atoms. The quantitative estimate of drug-likeness (QED) is 0.316. The number of carbonyl (C=O) groups excluding carboxylic acids is 1. The number of carbonyl (C=O) groups is 1. The van der Waals surface area contributed by atoms with Gasteiger partial charge in [0.05, 0.1) is 32.9 Å². The van der Waals surface area contributed by atoms with Gasteiger partial charge >= 0.3 is 0 Å². The molecule has 0 radical (unpaired) electrons. The minimum absolute atomic E-state index is 0.402. The molecular weight excluding hydrogens is 522 g/mol. The van der Waals surface area contributed by atoms with Gasteiger partial charge in [-0.25, -0.2) is 0 Å². The van der Waals surface area contributed by atoms with E-state index >= 15 is 0 Å². The van der Waals surface area contributed by atoms with Crippen molar-refractivity contribution in [2.24, 2.45) is 5.73 Å². The number of amides is 1. The SMILES string of the molecule is COc1cc(OC)c(C[C@@]2(c3ccc(Br)cc3)N[C@@H](C(N)=O)Cc3c2[nH]c2ccccc32)c(OC)c1. The number of ether oxygens (including phenoxy) is 3. The second-order valence-electron chi connectivity index (χ2n) is 8.93. The minimum Gasteiger partial charge on any atom is -0.496 e. The van der Waals surface area contributed by atoms with Crippen LogP contribution in [0.5, 0.6) is 17.2 Å². The van der Waals surface area contributed by atoms with Crippen molar-refractivity contribution in [2.45, 2.75) is 24.4 Å². The Balaban J connectivity index is 1.82. The van der Waals surface area contributed by atoms with Gasteiger partial charge in [0.1, 0.15) is 17.2 Å². The van der Waals surface area contributed by atoms with Crippen LogP contribution in [-0.2, 0) is 23.2 Å². The highest BCUT2D eigenvalue weighted by molar-refractivity contribution is 9.10. The summed E-state index contributed by atoms with van der Waals surface area (Å²) in [5.74, 6) is 1.48. The number of methoxy groups -OCH3 is 3. The van der Waals surface area contributed by atoms with E-state index in [4.69, 9.17) is 19.9 Å². The molecule has 0 fully saturated rings. The van der Waals surface area contributed by atoms with Crippen LogP contribution in [-0.4, -0.2) is 38.3 Å². The predicted octanol–water partition coefficient (Wildman–Crippen LogP) is 4.44. The molecule has 4 aromatic rings. The minimum atomic E-state index is -0.831. The molecule has 0 unspecified atom stereocenters. The third-order valence-electron chi connectivity index (χ3n) is 7.01. The van der Waals surface area contributed by atoms with Crippen LogP contribution in [0.2, 0.25) is 0 Å². The summed E-state index contributed by atoms with van der Waals surface area (Å²) in [5, 5.41) is 4.71. The van der Waals surface area contributed by atoms with Crippen LogP contribution in [0.15, 0.2) is 65.1 Å². The first-order chi connectivity index (χ1) is 17.4. The Hall–Kier alpha value is -3.49. The van der Waals surface area contributed by atoms with Crippen LogP contribution in [0.4, 0.5) is 0 Å². The van der Waals surface area contributed by atoms with Gasteiger partial charge in [-0.15, -0.1) is 0 Å². The Morgan fingerprint density at radius 3 is 2.31 bits per heavy atom. The van der Waals surface area contributed by atoms with Crippen molar-refractivity contribution in [2.75, 3.05) is 21.3 Å². The zero-order valence-corrected chi connectivity index (χ0v) is 21.9. The molecule has 2 heterocycles. The van der Waals surface area contributed by atoms with Crippen LogP contribution in [0, 0.1) is 0 Å². The summed E-state index contributed by atoms with van der Waals surface area (Å²) in [7, 11) is 4.85. The van der Waals surface area contributed by atoms with Gasteiger partial charge in [-0.05, 0) is 35.7 Å². The number of para-hydroxylation sites is 1. The molecule has 1 aliphatic heterocycles. The number of hydrogen-bond acceptors (Lipinski definition) is 5. The summed E-state index contributed by atoms with van der Waals surface area (Å²) in [6.45, 7) is 0. The average molecular weight is 550 g/mol. The van der Waals surface area contributed by atoms with Gasteiger partial charge in [0.15, 0.2) is 0 Å². The predicted molar refractivity (Wildman–Crippen MR) is 143 cm³/mol. The zero-order valence-electron chi connectivity index (χ0n) is 20.4. The van der Waals surface area contributed by atoms with E-state index in [1.807, 2.05) is 42.5 Å². The summed E-state index contributed by atoms with van der Waals surface area (Å²) in [6, 6.07) is 19.3. The van der Waals surface area contributed by atoms with Gasteiger partial charge in [0.25, 0.3) is 0 Å². The third kappa shape index (κ3) is 4.00. The fourth-order valence-electron chi connectivity index (χ4n) is 5.29. The number of H-pyrrole nitrogens is 1. The maximum atomic E-state index is 12.7. The van der Waals surface area contributed by atoms with Crippen LogP contribution >= 0.6 is 15.9 Å². The van der Waals surface area contributed by atoms with Gasteiger partial charge in [-0.1, -0.05) is 46.3 Å². The Bertz CT molecular complexity index is 1410. The smallest absolute Gasteiger partial charge is 0.234 e. The molecule has 36 heavy (non-hydrogen) atoms. The lowest BCUT2D eigenvalue weighted by Crippen LogP contribution is -2.59. The van der Waals surface area contributed by atoms with Crippen LogP contribution < -0.4 is 25.3 Å². The number of rotatable bonds is 7. The number of benzene rings is 3. The van der Waals surface area contributed by atoms with Gasteiger partial charge in [0.2, 0.25) is 5.91 Å². The Labute approximate surface area is 218 Å². The fourth-order valence-corrected chi connectivity index (χ4v) is 5.56. The largest absolute Gasteiger partial charge is 0.496 e. The van der Waals surface area contributed by atoms with Gasteiger partial charge in [-0.3, -0.25) is 10.1 Å². The van der Waals surface area contributed by atoms with E-state index in [0.29, 0.717) is 30.1 Å². The Morgan fingerprint density at radius 2 is 1.69 bits per heavy atom. The normalized spacial score (nSPS) is 19.1. The van der Waals surface area contributed by atoms with Crippen molar-refractivity contribution in [1.29, 1.82) is 0 Å². The van der Waals surface area contributed by atoms with Gasteiger partial charge < -0.3 is 24.9 Å². The van der Waals surface area contributed by atoms with Crippen LogP contribution in [0.3, 0.4) is 0 Å². The number of nitrogens with two attached hydrogens (primary N) is 1. The van der Waals surface area contributed by atoms with Gasteiger partial charge in [-0.2, -0.15) is 0 Å². The maximum Gasteiger partial charge on any atom is 0.234 e. The number of halogens is 1. The number of hydrogen-bond donors (Lipinski definition) is 3. The van der Waals surface area contributed by atoms with Crippen molar-refractivity contribution in [3.05, 3.63) is 87.5 Å². The standard InChI is InChI=1S/C28H28BrN3O4/c1-34-18-12-24(35-2)21(25(13-18)36-3)15-28(16-8-10-17(29)11-9-16)26-20(14-23(32-28)27(30)33)19-6-4-5-7-22(19)31-26/h4-13,23,31-32H,14-15H2,1-3H3,(H2,30,33)/t23-,28+/m1/s1. The molecule has 1 aliphatic rings. The summed E-state index contributed by atoms with van der Waals surface area (Å²) in [4.78, 5) is 16.3. The molecule has 7 nitrogen and oxygen atoms in total. The first-order valence-electron chi connectivity index (χ1n) is 11.6. The fraction of sp³-hybridized carbons (Fsp3) is 0.250. The summed E-state index contributed by atoms with van der Waals surface area (Å²) in [6.07, 6.45) is 0.915. The van der Waals surface area contributed by atoms with E-state index in [9.17, 15) is 4.79 Å². The van der Waals surface area contributed by atoms with E-state index < -0.39 is 17.5 Å². The maximum absolute atomic E-state index is 12.7. The first-order valence-corrected chi connectivity index (χ1v) is 12.4. The molecule has 0 aliphatic carbocycles. The lowest BCUT2D eigenvalue weighted by molar-refractivity contribution is -0.120. The number of fused-ring (bicyclic) bond motifs is 3. The Morgan fingerprint density at radius 1 is 1.03 bits per heavy atom. The molecule has 0 saturated carbocycles. The summed E-state index contributed by atoms with van der Waals surface area (Å²) in [5.41, 5.74) is 9.97. The topological polar surface area (TPSA) is 98.6 Å². The Kier molecular flexibility index (Phi) is 6.40. The molecule has 1 amide bonds. The first kappa shape index (κ1) is 24.2. The van der Waals surface area contributed by atoms with Gasteiger partial charge in [0, 0.05) is 45.2 Å². The van der Waals surface area contributed by atoms with E-state index in [2.05, 4.69) is 44.4 Å². The van der Waals surface area contributed by atoms with Crippen LogP contribution in [0.1, 0.15) is 22.4 Å². The molecule has 2 atom stereocenters. The van der Waals surface area contributed by atoms with Crippen LogP contribution in [0.25, 0.3) is 10.9 Å². The van der Waals surface area contributed by atoms with E-state index in [0.717, 1.165) is 37.8 Å². The molecule has 0 bridgehead atoms. The van der Waals surface area contributed by atoms with Crippen molar-refractivity contribution < 1.29 is 19.0 Å². The monoisotopic (exact) mass is 549 g/mol. The highest BCUT2D eigenvalue weighted by Gasteiger charge is 2.46. The van der Waals surface area contributed by atoms with E-state index in [1.54, 1.807) is 21.3 Å². The van der Waals surface area contributed by atoms with Crippen molar-refractivity contribution >= 4 is 32.7 Å². The zero-order chi connectivity index (χ0) is 25.4. The third-order valence-corrected chi connectivity index (χ3v) is 7.54. The number of nitrogens with one attached hydrogen (secondary N) is 2. The van der Waals surface area contributed by atoms with Crippen molar-refractivity contribution in [3.63, 3.8) is 0 Å². The molecule has 4 N–H and O–H groups in total. The molecular formula is C28H28BrN3O4. The second-order valence-corrected chi connectivity index (χ2v) is 9.84. The number of aromatic amines is 1. The number of aromatic nitrogens is 1. The molecule has 186 valence electrons. The molecule has 1 aromatic heterocycles. The summed E-state index contributed by atoms with van der Waals surface area (Å²) < 4.78 is 18.0. The average Bonchev–Trinajstić information content (AvgIpc) is 3.28. The highest BCUT2D eigenvalue weighted by Crippen LogP contribution is 2.46. The van der Waals surface area contributed by atoms with E-state index in [1.165, 1.54) is 0 Å². The molecule has 8 heteroatoms. The van der Waals surface area contributed by atoms with E-state index in [-0.39, 0.29) is 0 Å². The van der Waals surface area contributed by atoms with Crippen molar-refractivity contribution in [1.82, 2.24) is 10.3 Å². The molecule has 3 aromatic carbocycles. The lowest BCUT2D eigenvalue weighted by Gasteiger charge is -2.42. The number of primary amides is 1. The van der Waals surface area contributed by atoms with Crippen molar-refractivity contribution in [3.8, 4) is 17.2 Å². The molecule has 0 saturated heterocycles. The molecule has 5 rings (SSSR count). The lowest BCUT2D eigenvalue weighted by atomic mass is 9.74.